The molecule has 6 heteroatoms. The quantitative estimate of drug-likeness (QED) is 0.673. The van der Waals surface area contributed by atoms with E-state index in [4.69, 9.17) is 14.2 Å². The highest BCUT2D eigenvalue weighted by atomic mass is 32.1. The van der Waals surface area contributed by atoms with Crippen LogP contribution >= 0.6 is 11.3 Å². The summed E-state index contributed by atoms with van der Waals surface area (Å²) < 4.78 is 16.8. The second kappa shape index (κ2) is 9.76. The highest BCUT2D eigenvalue weighted by Crippen LogP contribution is 2.30. The van der Waals surface area contributed by atoms with Crippen LogP contribution in [0.25, 0.3) is 0 Å². The molecular formula is C21H27NO4S. The van der Waals surface area contributed by atoms with Crippen molar-refractivity contribution < 1.29 is 19.0 Å². The standard InChI is InChI=1S/C21H27NO4S/c1-3-25-19-8-7-16(14-20(19)26-4-2)21(23)22(15-18-6-5-13-27-18)17-9-11-24-12-10-17/h5-8,13-14,17H,3-4,9-12,15H2,1-2H3. The lowest BCUT2D eigenvalue weighted by Gasteiger charge is -2.34. The Bertz CT molecular complexity index is 726. The number of hydrogen-bond acceptors (Lipinski definition) is 5. The van der Waals surface area contributed by atoms with E-state index < -0.39 is 0 Å². The van der Waals surface area contributed by atoms with Gasteiger partial charge in [-0.05, 0) is 56.3 Å². The van der Waals surface area contributed by atoms with E-state index in [1.165, 1.54) is 4.88 Å². The Hall–Kier alpha value is -2.05. The van der Waals surface area contributed by atoms with E-state index in [-0.39, 0.29) is 11.9 Å². The van der Waals surface area contributed by atoms with Crippen molar-refractivity contribution in [1.29, 1.82) is 0 Å². The van der Waals surface area contributed by atoms with Gasteiger partial charge in [-0.1, -0.05) is 6.07 Å². The average molecular weight is 390 g/mol. The number of carbonyl (C=O) groups is 1. The van der Waals surface area contributed by atoms with Crippen molar-refractivity contribution in [1.82, 2.24) is 4.90 Å². The Balaban J connectivity index is 1.86. The lowest BCUT2D eigenvalue weighted by molar-refractivity contribution is 0.0270. The molecule has 1 aliphatic heterocycles. The smallest absolute Gasteiger partial charge is 0.254 e. The van der Waals surface area contributed by atoms with Gasteiger partial charge in [-0.25, -0.2) is 0 Å². The van der Waals surface area contributed by atoms with Gasteiger partial charge in [-0.15, -0.1) is 11.3 Å². The van der Waals surface area contributed by atoms with Crippen LogP contribution in [0.2, 0.25) is 0 Å². The van der Waals surface area contributed by atoms with Gasteiger partial charge in [0.15, 0.2) is 11.5 Å². The van der Waals surface area contributed by atoms with Crippen LogP contribution in [0.5, 0.6) is 11.5 Å². The second-order valence-corrected chi connectivity index (χ2v) is 7.42. The summed E-state index contributed by atoms with van der Waals surface area (Å²) in [7, 11) is 0. The summed E-state index contributed by atoms with van der Waals surface area (Å²) in [6, 6.07) is 9.75. The first-order valence-corrected chi connectivity index (χ1v) is 10.4. The van der Waals surface area contributed by atoms with Crippen molar-refractivity contribution >= 4 is 17.2 Å². The third-order valence-corrected chi connectivity index (χ3v) is 5.45. The number of thiophene rings is 1. The van der Waals surface area contributed by atoms with Crippen molar-refractivity contribution in [2.75, 3.05) is 26.4 Å². The summed E-state index contributed by atoms with van der Waals surface area (Å²) in [5.74, 6) is 1.32. The molecule has 27 heavy (non-hydrogen) atoms. The van der Waals surface area contributed by atoms with Gasteiger partial charge in [0.25, 0.3) is 5.91 Å². The molecule has 1 aromatic heterocycles. The summed E-state index contributed by atoms with van der Waals surface area (Å²) >= 11 is 1.68. The summed E-state index contributed by atoms with van der Waals surface area (Å²) in [5, 5.41) is 2.05. The third kappa shape index (κ3) is 5.02. The summed E-state index contributed by atoms with van der Waals surface area (Å²) in [6.07, 6.45) is 1.74. The number of benzene rings is 1. The Labute approximate surface area is 164 Å². The van der Waals surface area contributed by atoms with Gasteiger partial charge in [0.1, 0.15) is 0 Å². The maximum Gasteiger partial charge on any atom is 0.254 e. The van der Waals surface area contributed by atoms with Crippen LogP contribution in [0.3, 0.4) is 0 Å². The fourth-order valence-electron chi connectivity index (χ4n) is 3.28. The Morgan fingerprint density at radius 1 is 1.15 bits per heavy atom. The van der Waals surface area contributed by atoms with Crippen LogP contribution in [0.1, 0.15) is 41.9 Å². The molecule has 0 bridgehead atoms. The Kier molecular flexibility index (Phi) is 7.12. The molecule has 2 aromatic rings. The molecule has 5 nitrogen and oxygen atoms in total. The normalized spacial score (nSPS) is 14.7. The first-order valence-electron chi connectivity index (χ1n) is 9.53. The predicted molar refractivity (Wildman–Crippen MR) is 107 cm³/mol. The molecule has 0 N–H and O–H groups in total. The predicted octanol–water partition coefficient (Wildman–Crippen LogP) is 4.37. The molecule has 1 saturated heterocycles. The first kappa shape index (κ1) is 19.7. The van der Waals surface area contributed by atoms with Crippen LogP contribution in [-0.2, 0) is 11.3 Å². The maximum atomic E-state index is 13.4. The molecule has 2 heterocycles. The van der Waals surface area contributed by atoms with E-state index in [0.717, 1.165) is 12.8 Å². The van der Waals surface area contributed by atoms with Gasteiger partial charge in [0, 0.05) is 29.7 Å². The first-order chi connectivity index (χ1) is 13.2. The lowest BCUT2D eigenvalue weighted by Crippen LogP contribution is -2.42. The molecule has 1 aromatic carbocycles. The molecule has 0 aliphatic carbocycles. The van der Waals surface area contributed by atoms with E-state index >= 15 is 0 Å². The maximum absolute atomic E-state index is 13.4. The van der Waals surface area contributed by atoms with Crippen molar-refractivity contribution in [3.05, 3.63) is 46.2 Å². The summed E-state index contributed by atoms with van der Waals surface area (Å²) in [4.78, 5) is 16.6. The van der Waals surface area contributed by atoms with Gasteiger partial charge in [0.05, 0.1) is 19.8 Å². The van der Waals surface area contributed by atoms with Crippen LogP contribution in [0, 0.1) is 0 Å². The number of amides is 1. The van der Waals surface area contributed by atoms with Gasteiger partial charge < -0.3 is 19.1 Å². The largest absolute Gasteiger partial charge is 0.490 e. The number of carbonyl (C=O) groups excluding carboxylic acids is 1. The molecule has 146 valence electrons. The Morgan fingerprint density at radius 3 is 2.56 bits per heavy atom. The number of hydrogen-bond donors (Lipinski definition) is 0. The number of nitrogens with zero attached hydrogens (tertiary/aromatic N) is 1. The van der Waals surface area contributed by atoms with E-state index in [1.54, 1.807) is 17.4 Å². The summed E-state index contributed by atoms with van der Waals surface area (Å²) in [5.41, 5.74) is 0.630. The molecule has 0 atom stereocenters. The van der Waals surface area contributed by atoms with E-state index in [0.29, 0.717) is 50.0 Å². The van der Waals surface area contributed by atoms with Gasteiger partial charge in [-0.2, -0.15) is 0 Å². The fourth-order valence-corrected chi connectivity index (χ4v) is 3.99. The van der Waals surface area contributed by atoms with Crippen LogP contribution in [-0.4, -0.2) is 43.3 Å². The van der Waals surface area contributed by atoms with Gasteiger partial charge >= 0.3 is 0 Å². The zero-order valence-corrected chi connectivity index (χ0v) is 16.8. The minimum Gasteiger partial charge on any atom is -0.490 e. The van der Waals surface area contributed by atoms with E-state index in [1.807, 2.05) is 42.3 Å². The minimum absolute atomic E-state index is 0.0271. The molecular weight excluding hydrogens is 362 g/mol. The fraction of sp³-hybridized carbons (Fsp3) is 0.476. The number of rotatable bonds is 8. The molecule has 0 unspecified atom stereocenters. The molecule has 0 spiro atoms. The SMILES string of the molecule is CCOc1ccc(C(=O)N(Cc2cccs2)C2CCOCC2)cc1OCC. The van der Waals surface area contributed by atoms with Crippen molar-refractivity contribution in [3.63, 3.8) is 0 Å². The van der Waals surface area contributed by atoms with Crippen LogP contribution in [0.15, 0.2) is 35.7 Å². The molecule has 1 fully saturated rings. The van der Waals surface area contributed by atoms with Crippen molar-refractivity contribution in [2.45, 2.75) is 39.3 Å². The van der Waals surface area contributed by atoms with E-state index in [2.05, 4.69) is 6.07 Å². The number of ether oxygens (including phenoxy) is 3. The second-order valence-electron chi connectivity index (χ2n) is 6.38. The molecule has 0 saturated carbocycles. The highest BCUT2D eigenvalue weighted by molar-refractivity contribution is 7.09. The van der Waals surface area contributed by atoms with E-state index in [9.17, 15) is 4.79 Å². The lowest BCUT2D eigenvalue weighted by atomic mass is 10.0. The summed E-state index contributed by atoms with van der Waals surface area (Å²) in [6.45, 7) is 6.96. The third-order valence-electron chi connectivity index (χ3n) is 4.59. The van der Waals surface area contributed by atoms with Crippen LogP contribution < -0.4 is 9.47 Å². The van der Waals surface area contributed by atoms with Crippen LogP contribution in [0.4, 0.5) is 0 Å². The minimum atomic E-state index is 0.0271. The molecule has 1 amide bonds. The monoisotopic (exact) mass is 389 g/mol. The average Bonchev–Trinajstić information content (AvgIpc) is 3.21. The zero-order chi connectivity index (χ0) is 19.1. The van der Waals surface area contributed by atoms with Crippen molar-refractivity contribution in [3.8, 4) is 11.5 Å². The molecule has 1 aliphatic rings. The Morgan fingerprint density at radius 2 is 1.89 bits per heavy atom. The molecule has 0 radical (unpaired) electrons. The zero-order valence-electron chi connectivity index (χ0n) is 16.0. The van der Waals surface area contributed by atoms with Gasteiger partial charge in [0.2, 0.25) is 0 Å². The van der Waals surface area contributed by atoms with Gasteiger partial charge in [-0.3, -0.25) is 4.79 Å². The van der Waals surface area contributed by atoms with Crippen molar-refractivity contribution in [2.24, 2.45) is 0 Å². The highest BCUT2D eigenvalue weighted by Gasteiger charge is 2.27. The molecule has 3 rings (SSSR count). The topological polar surface area (TPSA) is 48.0 Å².